The number of ether oxygens (including phenoxy) is 1. The third kappa shape index (κ3) is 0.737. The van der Waals surface area contributed by atoms with Gasteiger partial charge in [0.25, 0.3) is 0 Å². The maximum absolute atomic E-state index is 11.3. The molecule has 2 atom stereocenters. The zero-order chi connectivity index (χ0) is 8.06. The van der Waals surface area contributed by atoms with Crippen molar-refractivity contribution in [3.63, 3.8) is 0 Å². The summed E-state index contributed by atoms with van der Waals surface area (Å²) < 4.78 is 5.00. The molecule has 60 valence electrons. The van der Waals surface area contributed by atoms with Gasteiger partial charge in [-0.1, -0.05) is 0 Å². The number of hydrogen-bond acceptors (Lipinski definition) is 3. The van der Waals surface area contributed by atoms with Crippen molar-refractivity contribution in [2.24, 2.45) is 5.41 Å². The van der Waals surface area contributed by atoms with Crippen LogP contribution in [0.2, 0.25) is 0 Å². The van der Waals surface area contributed by atoms with Crippen LogP contribution in [0.15, 0.2) is 0 Å². The average Bonchev–Trinajstić information content (AvgIpc) is 2.32. The van der Waals surface area contributed by atoms with Gasteiger partial charge in [0.1, 0.15) is 11.9 Å². The van der Waals surface area contributed by atoms with Crippen LogP contribution in [0.4, 0.5) is 0 Å². The summed E-state index contributed by atoms with van der Waals surface area (Å²) in [5, 5.41) is 0. The second kappa shape index (κ2) is 1.84. The van der Waals surface area contributed by atoms with Crippen LogP contribution < -0.4 is 0 Å². The van der Waals surface area contributed by atoms with E-state index in [4.69, 9.17) is 4.74 Å². The number of hydrogen-bond donors (Lipinski definition) is 0. The van der Waals surface area contributed by atoms with E-state index in [1.807, 2.05) is 6.92 Å². The fourth-order valence-corrected chi connectivity index (χ4v) is 1.95. The molecule has 3 heteroatoms. The molecular formula is C8H10O3. The zero-order valence-electron chi connectivity index (χ0n) is 6.42. The summed E-state index contributed by atoms with van der Waals surface area (Å²) in [6.07, 6.45) is 1.47. The number of Topliss-reactive ketones (excluding diaryl/α,β-unsaturated/α-hetero) is 1. The number of esters is 1. The molecule has 2 fully saturated rings. The Morgan fingerprint density at radius 2 is 2.27 bits per heavy atom. The van der Waals surface area contributed by atoms with E-state index in [0.29, 0.717) is 6.42 Å². The molecule has 11 heavy (non-hydrogen) atoms. The van der Waals surface area contributed by atoms with Gasteiger partial charge in [0.2, 0.25) is 0 Å². The molecule has 2 aliphatic rings. The minimum Gasteiger partial charge on any atom is -0.461 e. The van der Waals surface area contributed by atoms with Crippen LogP contribution in [-0.2, 0) is 14.3 Å². The summed E-state index contributed by atoms with van der Waals surface area (Å²) in [6, 6.07) is 0. The zero-order valence-corrected chi connectivity index (χ0v) is 6.42. The molecule has 0 bridgehead atoms. The van der Waals surface area contributed by atoms with Gasteiger partial charge >= 0.3 is 5.97 Å². The lowest BCUT2D eigenvalue weighted by molar-refractivity contribution is -0.141. The Balaban J connectivity index is 2.33. The van der Waals surface area contributed by atoms with Gasteiger partial charge in [-0.15, -0.1) is 0 Å². The Morgan fingerprint density at radius 1 is 1.55 bits per heavy atom. The molecule has 1 saturated heterocycles. The fraction of sp³-hybridized carbons (Fsp3) is 0.750. The van der Waals surface area contributed by atoms with Crippen LogP contribution in [0, 0.1) is 5.41 Å². The number of fused-ring (bicyclic) bond motifs is 1. The normalized spacial score (nSPS) is 42.5. The van der Waals surface area contributed by atoms with Crippen molar-refractivity contribution in [3.8, 4) is 0 Å². The highest BCUT2D eigenvalue weighted by Crippen LogP contribution is 2.44. The van der Waals surface area contributed by atoms with E-state index in [2.05, 4.69) is 0 Å². The first kappa shape index (κ1) is 6.83. The Bertz CT molecular complexity index is 233. The molecule has 0 aromatic carbocycles. The maximum Gasteiger partial charge on any atom is 0.307 e. The van der Waals surface area contributed by atoms with Crippen molar-refractivity contribution in [1.29, 1.82) is 0 Å². The third-order valence-electron chi connectivity index (χ3n) is 2.77. The average molecular weight is 154 g/mol. The predicted molar refractivity (Wildman–Crippen MR) is 36.8 cm³/mol. The van der Waals surface area contributed by atoms with E-state index in [1.54, 1.807) is 0 Å². The highest BCUT2D eigenvalue weighted by Gasteiger charge is 2.54. The summed E-state index contributed by atoms with van der Waals surface area (Å²) >= 11 is 0. The number of carbonyl (C=O) groups excluding carboxylic acids is 2. The Kier molecular flexibility index (Phi) is 1.14. The van der Waals surface area contributed by atoms with Crippen molar-refractivity contribution >= 4 is 11.8 Å². The van der Waals surface area contributed by atoms with Gasteiger partial charge in [-0.25, -0.2) is 0 Å². The van der Waals surface area contributed by atoms with Gasteiger partial charge in [-0.3, -0.25) is 9.59 Å². The molecule has 0 radical (unpaired) electrons. The molecule has 0 aromatic heterocycles. The van der Waals surface area contributed by atoms with Gasteiger partial charge in [0.05, 0.1) is 11.8 Å². The van der Waals surface area contributed by atoms with Crippen LogP contribution in [0.3, 0.4) is 0 Å². The molecule has 1 aliphatic carbocycles. The summed E-state index contributed by atoms with van der Waals surface area (Å²) in [7, 11) is 0. The summed E-state index contributed by atoms with van der Waals surface area (Å²) in [5.74, 6) is -0.0288. The number of ketones is 1. The summed E-state index contributed by atoms with van der Waals surface area (Å²) in [4.78, 5) is 22.1. The van der Waals surface area contributed by atoms with E-state index in [0.717, 1.165) is 6.42 Å². The second-order valence-corrected chi connectivity index (χ2v) is 3.53. The first-order chi connectivity index (χ1) is 5.13. The van der Waals surface area contributed by atoms with Gasteiger partial charge in [0, 0.05) is 6.42 Å². The molecule has 0 spiro atoms. The standard InChI is InChI=1S/C8H10O3/c1-8-4-7(10)11-6(8)3-2-5(8)9/h6H,2-4H2,1H3/t6-,8+/m0/s1. The predicted octanol–water partition coefficient (Wildman–Crippen LogP) is 0.671. The molecule has 1 aliphatic heterocycles. The van der Waals surface area contributed by atoms with Crippen LogP contribution in [0.5, 0.6) is 0 Å². The highest BCUT2D eigenvalue weighted by molar-refractivity contribution is 5.93. The smallest absolute Gasteiger partial charge is 0.307 e. The van der Waals surface area contributed by atoms with E-state index < -0.39 is 5.41 Å². The van der Waals surface area contributed by atoms with Crippen molar-refractivity contribution in [3.05, 3.63) is 0 Å². The maximum atomic E-state index is 11.3. The number of rotatable bonds is 0. The van der Waals surface area contributed by atoms with E-state index >= 15 is 0 Å². The van der Waals surface area contributed by atoms with E-state index in [-0.39, 0.29) is 24.3 Å². The van der Waals surface area contributed by atoms with Crippen LogP contribution in [0.1, 0.15) is 26.2 Å². The lowest BCUT2D eigenvalue weighted by atomic mass is 9.84. The second-order valence-electron chi connectivity index (χ2n) is 3.53. The molecular weight excluding hydrogens is 144 g/mol. The molecule has 2 rings (SSSR count). The van der Waals surface area contributed by atoms with Crippen molar-refractivity contribution in [2.75, 3.05) is 0 Å². The van der Waals surface area contributed by atoms with E-state index in [9.17, 15) is 9.59 Å². The quantitative estimate of drug-likeness (QED) is 0.482. The van der Waals surface area contributed by atoms with Gasteiger partial charge in [0.15, 0.2) is 0 Å². The van der Waals surface area contributed by atoms with Crippen molar-refractivity contribution in [2.45, 2.75) is 32.3 Å². The Morgan fingerprint density at radius 3 is 2.91 bits per heavy atom. The van der Waals surface area contributed by atoms with Crippen molar-refractivity contribution < 1.29 is 14.3 Å². The lowest BCUT2D eigenvalue weighted by Crippen LogP contribution is -2.27. The van der Waals surface area contributed by atoms with Crippen molar-refractivity contribution in [1.82, 2.24) is 0 Å². The van der Waals surface area contributed by atoms with Crippen LogP contribution in [0.25, 0.3) is 0 Å². The van der Waals surface area contributed by atoms with Crippen LogP contribution >= 0.6 is 0 Å². The molecule has 0 N–H and O–H groups in total. The topological polar surface area (TPSA) is 43.4 Å². The molecule has 0 aromatic rings. The third-order valence-corrected chi connectivity index (χ3v) is 2.77. The SMILES string of the molecule is C[C@]12CC(=O)O[C@H]1CCC2=O. The van der Waals surface area contributed by atoms with Gasteiger partial charge < -0.3 is 4.74 Å². The van der Waals surface area contributed by atoms with Gasteiger partial charge in [-0.2, -0.15) is 0 Å². The Labute approximate surface area is 64.7 Å². The number of carbonyl (C=O) groups is 2. The molecule has 1 saturated carbocycles. The minimum absolute atomic E-state index is 0.123. The molecule has 0 amide bonds. The van der Waals surface area contributed by atoms with E-state index in [1.165, 1.54) is 0 Å². The minimum atomic E-state index is -0.475. The Hall–Kier alpha value is -0.860. The first-order valence-electron chi connectivity index (χ1n) is 3.86. The lowest BCUT2D eigenvalue weighted by Gasteiger charge is -2.16. The molecule has 1 heterocycles. The molecule has 3 nitrogen and oxygen atoms in total. The van der Waals surface area contributed by atoms with Crippen LogP contribution in [-0.4, -0.2) is 17.9 Å². The summed E-state index contributed by atoms with van der Waals surface area (Å²) in [5.41, 5.74) is -0.475. The highest BCUT2D eigenvalue weighted by atomic mass is 16.6. The monoisotopic (exact) mass is 154 g/mol. The summed E-state index contributed by atoms with van der Waals surface area (Å²) in [6.45, 7) is 1.83. The molecule has 0 unspecified atom stereocenters. The van der Waals surface area contributed by atoms with Gasteiger partial charge in [-0.05, 0) is 13.3 Å². The fourth-order valence-electron chi connectivity index (χ4n) is 1.95. The first-order valence-corrected chi connectivity index (χ1v) is 3.86. The largest absolute Gasteiger partial charge is 0.461 e.